The lowest BCUT2D eigenvalue weighted by atomic mass is 10.1. The number of anilines is 4. The minimum absolute atomic E-state index is 0.0743. The summed E-state index contributed by atoms with van der Waals surface area (Å²) in [5, 5.41) is 13.6. The van der Waals surface area contributed by atoms with Crippen LogP contribution in [0.2, 0.25) is 0 Å². The van der Waals surface area contributed by atoms with Crippen LogP contribution >= 0.6 is 0 Å². The van der Waals surface area contributed by atoms with Gasteiger partial charge in [0.25, 0.3) is 0 Å². The van der Waals surface area contributed by atoms with Crippen LogP contribution in [-0.4, -0.2) is 56.4 Å². The number of hydrogen-bond donors (Lipinski definition) is 2. The molecular weight excluding hydrogens is 348 g/mol. The summed E-state index contributed by atoms with van der Waals surface area (Å²) in [6.45, 7) is 1.31. The normalized spacial score (nSPS) is 15.1. The number of benzene rings is 1. The van der Waals surface area contributed by atoms with Crippen LogP contribution < -0.4 is 15.5 Å². The molecule has 3 heterocycles. The zero-order valence-corrected chi connectivity index (χ0v) is 14.9. The lowest BCUT2D eigenvalue weighted by molar-refractivity contribution is 0.143. The highest BCUT2D eigenvalue weighted by atomic mass is 16.5. The Morgan fingerprint density at radius 2 is 1.81 bits per heavy atom. The molecule has 2 aromatic heterocycles. The molecule has 1 saturated heterocycles. The summed E-state index contributed by atoms with van der Waals surface area (Å²) in [7, 11) is 1.84. The molecule has 27 heavy (non-hydrogen) atoms. The van der Waals surface area contributed by atoms with Gasteiger partial charge in [-0.2, -0.15) is 19.9 Å². The second kappa shape index (κ2) is 7.16. The minimum atomic E-state index is -0.275. The van der Waals surface area contributed by atoms with Crippen LogP contribution in [0.1, 0.15) is 12.8 Å². The van der Waals surface area contributed by atoms with Gasteiger partial charge in [0.15, 0.2) is 0 Å². The summed E-state index contributed by atoms with van der Waals surface area (Å²) in [5.74, 6) is 0.946. The van der Waals surface area contributed by atoms with Gasteiger partial charge in [-0.05, 0) is 25.0 Å². The molecule has 1 aromatic carbocycles. The van der Waals surface area contributed by atoms with Gasteiger partial charge in [0, 0.05) is 25.8 Å². The molecule has 0 radical (unpaired) electrons. The first-order valence-electron chi connectivity index (χ1n) is 8.67. The molecule has 0 aliphatic carbocycles. The predicted molar refractivity (Wildman–Crippen MR) is 99.5 cm³/mol. The summed E-state index contributed by atoms with van der Waals surface area (Å²) < 4.78 is 5.35. The van der Waals surface area contributed by atoms with Crippen molar-refractivity contribution in [3.8, 4) is 11.6 Å². The maximum Gasteiger partial charge on any atom is 0.324 e. The highest BCUT2D eigenvalue weighted by Gasteiger charge is 2.23. The van der Waals surface area contributed by atoms with E-state index in [-0.39, 0.29) is 23.7 Å². The van der Waals surface area contributed by atoms with Gasteiger partial charge in [0.05, 0.1) is 6.10 Å². The fraction of sp³-hybridized carbons (Fsp3) is 0.353. The number of aliphatic hydroxyl groups is 1. The largest absolute Gasteiger partial charge is 0.393 e. The van der Waals surface area contributed by atoms with Gasteiger partial charge in [0.1, 0.15) is 0 Å². The molecular formula is C17H20N8O2. The van der Waals surface area contributed by atoms with Crippen molar-refractivity contribution in [2.24, 2.45) is 0 Å². The van der Waals surface area contributed by atoms with Gasteiger partial charge >= 0.3 is 6.01 Å². The first kappa shape index (κ1) is 17.2. The van der Waals surface area contributed by atoms with Gasteiger partial charge in [-0.3, -0.25) is 0 Å². The Morgan fingerprint density at radius 3 is 2.56 bits per heavy atom. The molecule has 1 fully saturated rings. The average Bonchev–Trinajstić information content (AvgIpc) is 3.18. The van der Waals surface area contributed by atoms with Crippen molar-refractivity contribution in [3.05, 3.63) is 30.3 Å². The zero-order chi connectivity index (χ0) is 18.8. The number of hydrogen-bond acceptors (Lipinski definition) is 10. The van der Waals surface area contributed by atoms with Gasteiger partial charge < -0.3 is 25.2 Å². The number of nitrogens with two attached hydrogens (primary N) is 1. The lowest BCUT2D eigenvalue weighted by Gasteiger charge is -2.27. The number of piperidine rings is 1. The number of aromatic nitrogens is 5. The Hall–Kier alpha value is -3.27. The molecule has 4 rings (SSSR count). The topological polar surface area (TPSA) is 130 Å². The molecule has 0 amide bonds. The second-order valence-electron chi connectivity index (χ2n) is 6.33. The highest BCUT2D eigenvalue weighted by Crippen LogP contribution is 2.24. The SMILES string of the molecule is CN(c1ccccc1)c1nc(N)nc(-c2noc(N3CCC(O)CC3)n2)n1. The van der Waals surface area contributed by atoms with E-state index in [1.54, 1.807) is 4.90 Å². The monoisotopic (exact) mass is 368 g/mol. The Morgan fingerprint density at radius 1 is 1.07 bits per heavy atom. The van der Waals surface area contributed by atoms with Gasteiger partial charge in [0.2, 0.25) is 23.5 Å². The average molecular weight is 368 g/mol. The third-order valence-electron chi connectivity index (χ3n) is 4.43. The lowest BCUT2D eigenvalue weighted by Crippen LogP contribution is -2.35. The van der Waals surface area contributed by atoms with Crippen molar-refractivity contribution in [1.82, 2.24) is 25.1 Å². The third-order valence-corrected chi connectivity index (χ3v) is 4.43. The van der Waals surface area contributed by atoms with E-state index in [9.17, 15) is 5.11 Å². The fourth-order valence-corrected chi connectivity index (χ4v) is 2.89. The van der Waals surface area contributed by atoms with Crippen molar-refractivity contribution >= 4 is 23.6 Å². The third kappa shape index (κ3) is 3.65. The second-order valence-corrected chi connectivity index (χ2v) is 6.33. The molecule has 3 aromatic rings. The van der Waals surface area contributed by atoms with Gasteiger partial charge in [-0.25, -0.2) is 0 Å². The van der Waals surface area contributed by atoms with Crippen LogP contribution in [0.3, 0.4) is 0 Å². The zero-order valence-electron chi connectivity index (χ0n) is 14.9. The number of nitrogen functional groups attached to an aromatic ring is 1. The summed E-state index contributed by atoms with van der Waals surface area (Å²) in [5.41, 5.74) is 6.78. The Labute approximate surface area is 155 Å². The van der Waals surface area contributed by atoms with E-state index in [1.807, 2.05) is 42.3 Å². The van der Waals surface area contributed by atoms with E-state index in [4.69, 9.17) is 10.3 Å². The molecule has 0 spiro atoms. The Bertz CT molecular complexity index is 908. The van der Waals surface area contributed by atoms with E-state index >= 15 is 0 Å². The van der Waals surface area contributed by atoms with Crippen LogP contribution in [0.25, 0.3) is 11.6 Å². The van der Waals surface area contributed by atoms with Crippen LogP contribution in [-0.2, 0) is 0 Å². The van der Waals surface area contributed by atoms with Crippen LogP contribution in [0.5, 0.6) is 0 Å². The molecule has 10 nitrogen and oxygen atoms in total. The Kier molecular flexibility index (Phi) is 4.55. The standard InChI is InChI=1S/C17H20N8O2/c1-24(11-5-3-2-4-6-11)16-20-13(19-15(18)22-16)14-21-17(27-23-14)25-9-7-12(26)8-10-25/h2-6,12,26H,7-10H2,1H3,(H2,18,19,20,22). The van der Waals surface area contributed by atoms with Crippen molar-refractivity contribution in [1.29, 1.82) is 0 Å². The maximum absolute atomic E-state index is 9.63. The van der Waals surface area contributed by atoms with Crippen LogP contribution in [0.4, 0.5) is 23.6 Å². The first-order valence-corrected chi connectivity index (χ1v) is 8.67. The number of nitrogens with zero attached hydrogens (tertiary/aromatic N) is 7. The smallest absolute Gasteiger partial charge is 0.324 e. The first-order chi connectivity index (χ1) is 13.1. The summed E-state index contributed by atoms with van der Waals surface area (Å²) in [4.78, 5) is 20.9. The molecule has 3 N–H and O–H groups in total. The number of aliphatic hydroxyl groups excluding tert-OH is 1. The number of rotatable bonds is 4. The van der Waals surface area contributed by atoms with Crippen LogP contribution in [0, 0.1) is 0 Å². The fourth-order valence-electron chi connectivity index (χ4n) is 2.89. The molecule has 0 bridgehead atoms. The van der Waals surface area contributed by atoms with Gasteiger partial charge in [-0.1, -0.05) is 23.4 Å². The van der Waals surface area contributed by atoms with Gasteiger partial charge in [-0.15, -0.1) is 0 Å². The van der Waals surface area contributed by atoms with Crippen LogP contribution in [0.15, 0.2) is 34.9 Å². The Balaban J connectivity index is 1.60. The molecule has 0 saturated carbocycles. The van der Waals surface area contributed by atoms with Crippen molar-refractivity contribution in [3.63, 3.8) is 0 Å². The van der Waals surface area contributed by atoms with E-state index in [2.05, 4.69) is 25.1 Å². The number of para-hydroxylation sites is 1. The minimum Gasteiger partial charge on any atom is -0.393 e. The summed E-state index contributed by atoms with van der Waals surface area (Å²) >= 11 is 0. The van der Waals surface area contributed by atoms with E-state index in [0.29, 0.717) is 37.9 Å². The molecule has 1 aliphatic heterocycles. The predicted octanol–water partition coefficient (Wildman–Crippen LogP) is 1.23. The molecule has 1 aliphatic rings. The molecule has 0 atom stereocenters. The molecule has 0 unspecified atom stereocenters. The quantitative estimate of drug-likeness (QED) is 0.693. The highest BCUT2D eigenvalue weighted by molar-refractivity contribution is 5.59. The van der Waals surface area contributed by atoms with E-state index in [0.717, 1.165) is 5.69 Å². The van der Waals surface area contributed by atoms with E-state index in [1.165, 1.54) is 0 Å². The molecule has 140 valence electrons. The van der Waals surface area contributed by atoms with Crippen molar-refractivity contribution in [2.75, 3.05) is 35.7 Å². The maximum atomic E-state index is 9.63. The summed E-state index contributed by atoms with van der Waals surface area (Å²) in [6, 6.07) is 10.1. The van der Waals surface area contributed by atoms with Crippen molar-refractivity contribution in [2.45, 2.75) is 18.9 Å². The van der Waals surface area contributed by atoms with E-state index < -0.39 is 0 Å². The molecule has 10 heteroatoms. The van der Waals surface area contributed by atoms with Crippen molar-refractivity contribution < 1.29 is 9.63 Å². The summed E-state index contributed by atoms with van der Waals surface area (Å²) in [6.07, 6.45) is 1.06.